The molecule has 30 heavy (non-hydrogen) atoms. The lowest BCUT2D eigenvalue weighted by Gasteiger charge is -2.31. The minimum absolute atomic E-state index is 0.0242. The number of aromatic nitrogens is 2. The normalized spacial score (nSPS) is 15.6. The van der Waals surface area contributed by atoms with Crippen molar-refractivity contribution in [3.63, 3.8) is 0 Å². The Morgan fingerprint density at radius 3 is 2.47 bits per heavy atom. The number of para-hydroxylation sites is 1. The van der Waals surface area contributed by atoms with Gasteiger partial charge in [0.15, 0.2) is 0 Å². The van der Waals surface area contributed by atoms with Crippen LogP contribution in [0, 0.1) is 0 Å². The van der Waals surface area contributed by atoms with Crippen molar-refractivity contribution in [3.8, 4) is 5.69 Å². The molecule has 1 N–H and O–H groups in total. The molecule has 1 fully saturated rings. The molecule has 1 amide bonds. The van der Waals surface area contributed by atoms with Crippen LogP contribution in [0.5, 0.6) is 0 Å². The highest BCUT2D eigenvalue weighted by Gasteiger charge is 2.20. The molecule has 1 aliphatic rings. The number of benzene rings is 2. The minimum atomic E-state index is -0.0242. The number of nitrogens with zero attached hydrogens (tertiary/aromatic N) is 3. The van der Waals surface area contributed by atoms with Gasteiger partial charge in [-0.05, 0) is 29.7 Å². The number of hydrogen-bond acceptors (Lipinski definition) is 4. The number of nitrogens with one attached hydrogen (secondary N) is 1. The van der Waals surface area contributed by atoms with Gasteiger partial charge >= 0.3 is 0 Å². The van der Waals surface area contributed by atoms with Crippen molar-refractivity contribution in [2.75, 3.05) is 32.8 Å². The summed E-state index contributed by atoms with van der Waals surface area (Å²) < 4.78 is 7.30. The molecule has 1 unspecified atom stereocenters. The van der Waals surface area contributed by atoms with Crippen LogP contribution >= 0.6 is 0 Å². The summed E-state index contributed by atoms with van der Waals surface area (Å²) in [6, 6.07) is 20.2. The van der Waals surface area contributed by atoms with E-state index in [4.69, 9.17) is 4.74 Å². The number of amides is 1. The van der Waals surface area contributed by atoms with Gasteiger partial charge in [-0.1, -0.05) is 48.5 Å². The third-order valence-corrected chi connectivity index (χ3v) is 5.38. The van der Waals surface area contributed by atoms with Gasteiger partial charge in [0.05, 0.1) is 31.1 Å². The van der Waals surface area contributed by atoms with Crippen molar-refractivity contribution in [3.05, 3.63) is 84.2 Å². The van der Waals surface area contributed by atoms with E-state index in [1.807, 2.05) is 65.6 Å². The Morgan fingerprint density at radius 2 is 1.73 bits per heavy atom. The summed E-state index contributed by atoms with van der Waals surface area (Å²) in [4.78, 5) is 15.1. The summed E-state index contributed by atoms with van der Waals surface area (Å²) in [6.45, 7) is 4.10. The second-order valence-corrected chi connectivity index (χ2v) is 7.57. The second kappa shape index (κ2) is 10.2. The lowest BCUT2D eigenvalue weighted by atomic mass is 10.1. The molecule has 6 heteroatoms. The summed E-state index contributed by atoms with van der Waals surface area (Å²) in [7, 11) is 0. The zero-order chi connectivity index (χ0) is 20.6. The summed E-state index contributed by atoms with van der Waals surface area (Å²) in [5.74, 6) is 0.0598. The van der Waals surface area contributed by atoms with E-state index in [0.29, 0.717) is 12.8 Å². The summed E-state index contributed by atoms with van der Waals surface area (Å²) in [6.07, 6.45) is 4.93. The van der Waals surface area contributed by atoms with E-state index < -0.39 is 0 Å². The summed E-state index contributed by atoms with van der Waals surface area (Å²) in [5, 5.41) is 7.66. The largest absolute Gasteiger partial charge is 0.379 e. The van der Waals surface area contributed by atoms with E-state index in [0.717, 1.165) is 49.7 Å². The van der Waals surface area contributed by atoms with E-state index in [1.165, 1.54) is 0 Å². The SMILES string of the molecule is O=C(CCc1cnn(-c2ccccc2)c1)NC(CN1CCOCC1)c1ccccc1. The maximum atomic E-state index is 12.7. The number of aryl methyl sites for hydroxylation is 1. The van der Waals surface area contributed by atoms with E-state index in [-0.39, 0.29) is 11.9 Å². The maximum absolute atomic E-state index is 12.7. The van der Waals surface area contributed by atoms with E-state index in [2.05, 4.69) is 27.4 Å². The lowest BCUT2D eigenvalue weighted by Crippen LogP contribution is -2.43. The summed E-state index contributed by atoms with van der Waals surface area (Å²) in [5.41, 5.74) is 3.20. The highest BCUT2D eigenvalue weighted by Crippen LogP contribution is 2.16. The van der Waals surface area contributed by atoms with Crippen LogP contribution in [0.4, 0.5) is 0 Å². The standard InChI is InChI=1S/C24H28N4O2/c29-24(12-11-20-17-25-28(18-20)22-9-5-2-6-10-22)26-23(21-7-3-1-4-8-21)19-27-13-15-30-16-14-27/h1-10,17-18,23H,11-16,19H2,(H,26,29). The Bertz CT molecular complexity index is 921. The minimum Gasteiger partial charge on any atom is -0.379 e. The fourth-order valence-electron chi connectivity index (χ4n) is 3.70. The molecule has 1 aliphatic heterocycles. The highest BCUT2D eigenvalue weighted by atomic mass is 16.5. The van der Waals surface area contributed by atoms with Gasteiger partial charge in [-0.2, -0.15) is 5.10 Å². The third-order valence-electron chi connectivity index (χ3n) is 5.38. The van der Waals surface area contributed by atoms with Crippen molar-refractivity contribution < 1.29 is 9.53 Å². The molecule has 4 rings (SSSR count). The van der Waals surface area contributed by atoms with Gasteiger partial charge in [-0.3, -0.25) is 9.69 Å². The Labute approximate surface area is 177 Å². The Balaban J connectivity index is 1.35. The van der Waals surface area contributed by atoms with Crippen LogP contribution in [-0.4, -0.2) is 53.4 Å². The monoisotopic (exact) mass is 404 g/mol. The van der Waals surface area contributed by atoms with E-state index in [1.54, 1.807) is 0 Å². The van der Waals surface area contributed by atoms with Crippen molar-refractivity contribution in [1.29, 1.82) is 0 Å². The average molecular weight is 405 g/mol. The molecule has 6 nitrogen and oxygen atoms in total. The van der Waals surface area contributed by atoms with Crippen molar-refractivity contribution in [2.24, 2.45) is 0 Å². The third kappa shape index (κ3) is 5.55. The first-order valence-corrected chi connectivity index (χ1v) is 10.5. The molecule has 1 aromatic heterocycles. The predicted octanol–water partition coefficient (Wildman–Crippen LogP) is 2.99. The number of ether oxygens (including phenoxy) is 1. The first-order valence-electron chi connectivity index (χ1n) is 10.5. The second-order valence-electron chi connectivity index (χ2n) is 7.57. The lowest BCUT2D eigenvalue weighted by molar-refractivity contribution is -0.122. The molecule has 0 spiro atoms. The smallest absolute Gasteiger partial charge is 0.220 e. The average Bonchev–Trinajstić information content (AvgIpc) is 3.28. The zero-order valence-electron chi connectivity index (χ0n) is 17.1. The van der Waals surface area contributed by atoms with Crippen LogP contribution in [0.25, 0.3) is 5.69 Å². The zero-order valence-corrected chi connectivity index (χ0v) is 17.1. The van der Waals surface area contributed by atoms with Gasteiger partial charge in [-0.25, -0.2) is 4.68 Å². The molecule has 0 saturated carbocycles. The van der Waals surface area contributed by atoms with Crippen LogP contribution in [0.1, 0.15) is 23.6 Å². The number of carbonyl (C=O) groups excluding carboxylic acids is 1. The van der Waals surface area contributed by atoms with Gasteiger partial charge in [0.1, 0.15) is 0 Å². The Kier molecular flexibility index (Phi) is 6.90. The molecule has 156 valence electrons. The molecule has 0 bridgehead atoms. The van der Waals surface area contributed by atoms with Gasteiger partial charge in [-0.15, -0.1) is 0 Å². The Hall–Kier alpha value is -2.96. The molecule has 1 saturated heterocycles. The fraction of sp³-hybridized carbons (Fsp3) is 0.333. The molecule has 2 aromatic carbocycles. The summed E-state index contributed by atoms with van der Waals surface area (Å²) >= 11 is 0. The topological polar surface area (TPSA) is 59.4 Å². The molecule has 1 atom stereocenters. The number of rotatable bonds is 8. The maximum Gasteiger partial charge on any atom is 0.220 e. The number of carbonyl (C=O) groups is 1. The molecular weight excluding hydrogens is 376 g/mol. The van der Waals surface area contributed by atoms with Crippen LogP contribution in [0.15, 0.2) is 73.1 Å². The highest BCUT2D eigenvalue weighted by molar-refractivity contribution is 5.76. The molecule has 0 radical (unpaired) electrons. The molecule has 3 aromatic rings. The van der Waals surface area contributed by atoms with Gasteiger partial charge in [0.25, 0.3) is 0 Å². The van der Waals surface area contributed by atoms with Crippen molar-refractivity contribution in [1.82, 2.24) is 20.0 Å². The molecule has 0 aliphatic carbocycles. The van der Waals surface area contributed by atoms with Gasteiger partial charge in [0.2, 0.25) is 5.91 Å². The van der Waals surface area contributed by atoms with Crippen LogP contribution < -0.4 is 5.32 Å². The fourth-order valence-corrected chi connectivity index (χ4v) is 3.70. The molecule has 2 heterocycles. The van der Waals surface area contributed by atoms with E-state index in [9.17, 15) is 4.79 Å². The number of hydrogen-bond donors (Lipinski definition) is 1. The first kappa shape index (κ1) is 20.3. The van der Waals surface area contributed by atoms with Crippen LogP contribution in [0.3, 0.4) is 0 Å². The van der Waals surface area contributed by atoms with Crippen LogP contribution in [0.2, 0.25) is 0 Å². The predicted molar refractivity (Wildman–Crippen MR) is 116 cm³/mol. The van der Waals surface area contributed by atoms with E-state index >= 15 is 0 Å². The molecular formula is C24H28N4O2. The van der Waals surface area contributed by atoms with Crippen LogP contribution in [-0.2, 0) is 16.0 Å². The number of morpholine rings is 1. The van der Waals surface area contributed by atoms with Crippen molar-refractivity contribution >= 4 is 5.91 Å². The van der Waals surface area contributed by atoms with Crippen molar-refractivity contribution in [2.45, 2.75) is 18.9 Å². The quantitative estimate of drug-likeness (QED) is 0.627. The Morgan fingerprint density at radius 1 is 1.03 bits per heavy atom. The first-order chi connectivity index (χ1) is 14.8. The van der Waals surface area contributed by atoms with Gasteiger partial charge in [0, 0.05) is 32.3 Å². The van der Waals surface area contributed by atoms with Gasteiger partial charge < -0.3 is 10.1 Å².